The first kappa shape index (κ1) is 24.1. The molecule has 35 heavy (non-hydrogen) atoms. The first-order chi connectivity index (χ1) is 17.0. The Morgan fingerprint density at radius 2 is 1.80 bits per heavy atom. The van der Waals surface area contributed by atoms with Gasteiger partial charge in [0.05, 0.1) is 13.0 Å². The van der Waals surface area contributed by atoms with Crippen molar-refractivity contribution >= 4 is 17.8 Å². The van der Waals surface area contributed by atoms with Crippen molar-refractivity contribution in [2.24, 2.45) is 5.92 Å². The summed E-state index contributed by atoms with van der Waals surface area (Å²) in [6, 6.07) is 15.3. The highest BCUT2D eigenvalue weighted by Gasteiger charge is 2.29. The predicted molar refractivity (Wildman–Crippen MR) is 125 cm³/mol. The van der Waals surface area contributed by atoms with E-state index in [2.05, 4.69) is 10.3 Å². The topological polar surface area (TPSA) is 102 Å². The van der Waals surface area contributed by atoms with Gasteiger partial charge in [0.1, 0.15) is 6.26 Å². The standard InChI is InChI=1S/C26H26FN3O5/c1-34-26(33)20-11-13-30(14-12-20)25(32)21-16-35-24(29-21)19-9-7-17(8-10-19)15-28-23(31)22(27)18-5-3-2-4-6-18/h2-10,16,20,22H,11-15H2,1H3,(H,28,31). The van der Waals surface area contributed by atoms with E-state index in [9.17, 15) is 18.8 Å². The van der Waals surface area contributed by atoms with Gasteiger partial charge < -0.3 is 19.4 Å². The first-order valence-electron chi connectivity index (χ1n) is 11.3. The maximum Gasteiger partial charge on any atom is 0.308 e. The number of carbonyl (C=O) groups excluding carboxylic acids is 3. The Bertz CT molecular complexity index is 1170. The third-order valence-electron chi connectivity index (χ3n) is 6.03. The maximum absolute atomic E-state index is 14.3. The molecule has 1 aliphatic rings. The van der Waals surface area contributed by atoms with Gasteiger partial charge in [0.2, 0.25) is 12.1 Å². The van der Waals surface area contributed by atoms with Crippen LogP contribution in [0, 0.1) is 5.92 Å². The van der Waals surface area contributed by atoms with Crippen LogP contribution in [0.5, 0.6) is 0 Å². The lowest BCUT2D eigenvalue weighted by Crippen LogP contribution is -2.40. The molecule has 4 rings (SSSR count). The Morgan fingerprint density at radius 3 is 2.46 bits per heavy atom. The van der Waals surface area contributed by atoms with Crippen LogP contribution in [0.1, 0.15) is 40.6 Å². The fourth-order valence-corrected chi connectivity index (χ4v) is 3.97. The van der Waals surface area contributed by atoms with Crippen LogP contribution in [0.15, 0.2) is 65.3 Å². The molecule has 182 valence electrons. The van der Waals surface area contributed by atoms with Gasteiger partial charge in [0.15, 0.2) is 5.69 Å². The molecule has 8 nitrogen and oxygen atoms in total. The molecule has 1 fully saturated rings. The maximum atomic E-state index is 14.3. The smallest absolute Gasteiger partial charge is 0.308 e. The van der Waals surface area contributed by atoms with Gasteiger partial charge in [0, 0.05) is 25.2 Å². The number of hydrogen-bond acceptors (Lipinski definition) is 6. The van der Waals surface area contributed by atoms with E-state index in [0.717, 1.165) is 5.56 Å². The van der Waals surface area contributed by atoms with Crippen LogP contribution in [0.3, 0.4) is 0 Å². The number of hydrogen-bond donors (Lipinski definition) is 1. The summed E-state index contributed by atoms with van der Waals surface area (Å²) in [5, 5.41) is 2.59. The van der Waals surface area contributed by atoms with Crippen molar-refractivity contribution in [3.8, 4) is 11.5 Å². The number of nitrogens with zero attached hydrogens (tertiary/aromatic N) is 2. The third-order valence-corrected chi connectivity index (χ3v) is 6.03. The average molecular weight is 480 g/mol. The molecule has 2 heterocycles. The number of oxazole rings is 1. The second-order valence-corrected chi connectivity index (χ2v) is 8.32. The lowest BCUT2D eigenvalue weighted by atomic mass is 9.97. The van der Waals surface area contributed by atoms with Crippen LogP contribution in [0.25, 0.3) is 11.5 Å². The van der Waals surface area contributed by atoms with E-state index in [4.69, 9.17) is 9.15 Å². The van der Waals surface area contributed by atoms with Crippen molar-refractivity contribution in [3.63, 3.8) is 0 Å². The van der Waals surface area contributed by atoms with Crippen LogP contribution in [0.2, 0.25) is 0 Å². The summed E-state index contributed by atoms with van der Waals surface area (Å²) < 4.78 is 24.6. The van der Waals surface area contributed by atoms with E-state index in [-0.39, 0.29) is 30.0 Å². The summed E-state index contributed by atoms with van der Waals surface area (Å²) in [5.74, 6) is -1.09. The zero-order valence-corrected chi connectivity index (χ0v) is 19.3. The molecule has 1 atom stereocenters. The Morgan fingerprint density at radius 1 is 1.11 bits per heavy atom. The number of methoxy groups -OCH3 is 1. The summed E-state index contributed by atoms with van der Waals surface area (Å²) in [6.07, 6.45) is 0.694. The lowest BCUT2D eigenvalue weighted by Gasteiger charge is -2.30. The van der Waals surface area contributed by atoms with Crippen LogP contribution >= 0.6 is 0 Å². The molecular formula is C26H26FN3O5. The summed E-state index contributed by atoms with van der Waals surface area (Å²) >= 11 is 0. The monoisotopic (exact) mass is 479 g/mol. The number of amides is 2. The van der Waals surface area contributed by atoms with Gasteiger partial charge in [0.25, 0.3) is 11.8 Å². The Labute approximate surface area is 202 Å². The fraction of sp³-hybridized carbons (Fsp3) is 0.308. The molecule has 0 aliphatic carbocycles. The zero-order chi connectivity index (χ0) is 24.8. The second-order valence-electron chi connectivity index (χ2n) is 8.32. The minimum atomic E-state index is -1.73. The number of piperidine rings is 1. The third kappa shape index (κ3) is 5.74. The molecule has 0 radical (unpaired) electrons. The van der Waals surface area contributed by atoms with Gasteiger partial charge in [-0.25, -0.2) is 9.37 Å². The zero-order valence-electron chi connectivity index (χ0n) is 19.3. The SMILES string of the molecule is COC(=O)C1CCN(C(=O)c2coc(-c3ccc(CNC(=O)C(F)c4ccccc4)cc3)n2)CC1. The molecule has 2 aromatic carbocycles. The number of ether oxygens (including phenoxy) is 1. The van der Waals surface area contributed by atoms with E-state index >= 15 is 0 Å². The minimum Gasteiger partial charge on any atom is -0.469 e. The number of rotatable bonds is 7. The normalized spacial score (nSPS) is 14.9. The number of alkyl halides is 1. The van der Waals surface area contributed by atoms with Crippen molar-refractivity contribution in [2.45, 2.75) is 25.6 Å². The number of likely N-dealkylation sites (tertiary alicyclic amines) is 1. The molecule has 0 bridgehead atoms. The number of aromatic nitrogens is 1. The van der Waals surface area contributed by atoms with E-state index < -0.39 is 12.1 Å². The summed E-state index contributed by atoms with van der Waals surface area (Å²) in [7, 11) is 1.37. The number of carbonyl (C=O) groups is 3. The molecule has 2 amide bonds. The second kappa shape index (κ2) is 10.9. The minimum absolute atomic E-state index is 0.170. The lowest BCUT2D eigenvalue weighted by molar-refractivity contribution is -0.146. The molecule has 1 unspecified atom stereocenters. The van der Waals surface area contributed by atoms with Crippen LogP contribution < -0.4 is 5.32 Å². The molecule has 0 spiro atoms. The molecule has 1 saturated heterocycles. The first-order valence-corrected chi connectivity index (χ1v) is 11.3. The Balaban J connectivity index is 1.31. The van der Waals surface area contributed by atoms with Gasteiger partial charge in [-0.3, -0.25) is 14.4 Å². The van der Waals surface area contributed by atoms with E-state index in [1.165, 1.54) is 13.4 Å². The molecule has 1 aromatic heterocycles. The molecule has 1 aliphatic heterocycles. The molecule has 1 N–H and O–H groups in total. The van der Waals surface area contributed by atoms with Crippen molar-refractivity contribution in [1.29, 1.82) is 0 Å². The van der Waals surface area contributed by atoms with E-state index in [0.29, 0.717) is 42.9 Å². The molecule has 3 aromatic rings. The molecular weight excluding hydrogens is 453 g/mol. The molecule has 0 saturated carbocycles. The predicted octanol–water partition coefficient (Wildman–Crippen LogP) is 3.69. The van der Waals surface area contributed by atoms with Gasteiger partial charge in [-0.2, -0.15) is 0 Å². The van der Waals surface area contributed by atoms with E-state index in [1.807, 2.05) is 0 Å². The largest absolute Gasteiger partial charge is 0.469 e. The Kier molecular flexibility index (Phi) is 7.54. The fourth-order valence-electron chi connectivity index (χ4n) is 3.97. The number of nitrogens with one attached hydrogen (secondary N) is 1. The van der Waals surface area contributed by atoms with Crippen molar-refractivity contribution in [1.82, 2.24) is 15.2 Å². The number of benzene rings is 2. The van der Waals surface area contributed by atoms with Crippen molar-refractivity contribution in [2.75, 3.05) is 20.2 Å². The van der Waals surface area contributed by atoms with Gasteiger partial charge in [-0.15, -0.1) is 0 Å². The highest BCUT2D eigenvalue weighted by Crippen LogP contribution is 2.23. The quantitative estimate of drug-likeness (QED) is 0.519. The van der Waals surface area contributed by atoms with Gasteiger partial charge in [-0.1, -0.05) is 42.5 Å². The summed E-state index contributed by atoms with van der Waals surface area (Å²) in [6.45, 7) is 1.07. The molecule has 9 heteroatoms. The summed E-state index contributed by atoms with van der Waals surface area (Å²) in [4.78, 5) is 42.5. The van der Waals surface area contributed by atoms with E-state index in [1.54, 1.807) is 59.5 Å². The number of esters is 1. The van der Waals surface area contributed by atoms with Crippen LogP contribution in [-0.4, -0.2) is 47.9 Å². The summed E-state index contributed by atoms with van der Waals surface area (Å²) in [5.41, 5.74) is 1.94. The average Bonchev–Trinajstić information content (AvgIpc) is 3.41. The van der Waals surface area contributed by atoms with Gasteiger partial charge in [-0.05, 0) is 36.1 Å². The van der Waals surface area contributed by atoms with Crippen LogP contribution in [0.4, 0.5) is 4.39 Å². The van der Waals surface area contributed by atoms with Crippen molar-refractivity contribution in [3.05, 3.63) is 77.7 Å². The van der Waals surface area contributed by atoms with Crippen molar-refractivity contribution < 1.29 is 27.9 Å². The van der Waals surface area contributed by atoms with Gasteiger partial charge >= 0.3 is 5.97 Å². The van der Waals surface area contributed by atoms with Crippen LogP contribution in [-0.2, 0) is 20.9 Å². The Hall–Kier alpha value is -4.01. The number of halogens is 1. The highest BCUT2D eigenvalue weighted by atomic mass is 19.1. The highest BCUT2D eigenvalue weighted by molar-refractivity contribution is 5.92.